The summed E-state index contributed by atoms with van der Waals surface area (Å²) in [4.78, 5) is 22.3. The van der Waals surface area contributed by atoms with Crippen molar-refractivity contribution in [2.45, 2.75) is 81.5 Å². The molecule has 6 heteroatoms. The molecule has 3 aliphatic rings. The van der Waals surface area contributed by atoms with Gasteiger partial charge in [-0.25, -0.2) is 4.98 Å². The summed E-state index contributed by atoms with van der Waals surface area (Å²) >= 11 is 0. The van der Waals surface area contributed by atoms with Gasteiger partial charge >= 0.3 is 5.97 Å². The van der Waals surface area contributed by atoms with E-state index in [2.05, 4.69) is 75.9 Å². The van der Waals surface area contributed by atoms with Gasteiger partial charge in [0.1, 0.15) is 11.9 Å². The number of carboxylic acids is 1. The van der Waals surface area contributed by atoms with Crippen molar-refractivity contribution < 1.29 is 9.90 Å². The molecule has 3 aromatic carbocycles. The first-order valence-electron chi connectivity index (χ1n) is 15.8. The van der Waals surface area contributed by atoms with Crippen LogP contribution in [0.2, 0.25) is 0 Å². The van der Waals surface area contributed by atoms with E-state index in [9.17, 15) is 9.90 Å². The average molecular weight is 563 g/mol. The third-order valence-corrected chi connectivity index (χ3v) is 10.7. The van der Waals surface area contributed by atoms with Crippen LogP contribution in [-0.4, -0.2) is 62.1 Å². The minimum Gasteiger partial charge on any atom is -0.480 e. The van der Waals surface area contributed by atoms with Gasteiger partial charge in [0.15, 0.2) is 0 Å². The van der Waals surface area contributed by atoms with Gasteiger partial charge in [-0.1, -0.05) is 72.8 Å². The molecule has 3 saturated heterocycles. The highest BCUT2D eigenvalue weighted by atomic mass is 16.4. The molecule has 42 heavy (non-hydrogen) atoms. The van der Waals surface area contributed by atoms with E-state index in [1.807, 2.05) is 30.3 Å². The van der Waals surface area contributed by atoms with E-state index >= 15 is 0 Å². The molecule has 4 atom stereocenters. The number of carboxylic acid groups (broad SMARTS) is 1. The van der Waals surface area contributed by atoms with Gasteiger partial charge in [-0.3, -0.25) is 14.6 Å². The number of hydrogen-bond acceptors (Lipinski definition) is 4. The van der Waals surface area contributed by atoms with Crippen molar-refractivity contribution in [1.29, 1.82) is 0 Å². The van der Waals surface area contributed by atoms with Crippen LogP contribution in [0.5, 0.6) is 0 Å². The zero-order chi connectivity index (χ0) is 28.7. The normalized spacial score (nSPS) is 25.0. The highest BCUT2D eigenvalue weighted by molar-refractivity contribution is 5.76. The third-order valence-electron chi connectivity index (χ3n) is 10.7. The van der Waals surface area contributed by atoms with Crippen molar-refractivity contribution in [3.63, 3.8) is 0 Å². The molecule has 0 saturated carbocycles. The Hall–Kier alpha value is -3.48. The lowest BCUT2D eigenvalue weighted by atomic mass is 9.70. The predicted molar refractivity (Wildman–Crippen MR) is 167 cm³/mol. The second-order valence-corrected chi connectivity index (χ2v) is 12.8. The fourth-order valence-electron chi connectivity index (χ4n) is 8.62. The fourth-order valence-corrected chi connectivity index (χ4v) is 8.62. The molecule has 3 aliphatic heterocycles. The standard InChI is InChI=1S/C36H42N4O2/c1-26-37-32-14-8-9-15-33(32)40(26)31-24-29-16-17-30(25-31)39(29)23-20-36(28-12-6-3-7-13-28)18-21-38(22-19-36)34(35(41)42)27-10-4-2-5-11-27/h2-15,29-31,34H,16-25H2,1H3,(H,41,42)/t29-,30+,31?,34?. The zero-order valence-electron chi connectivity index (χ0n) is 24.6. The number of carbonyl (C=O) groups is 1. The predicted octanol–water partition coefficient (Wildman–Crippen LogP) is 6.76. The van der Waals surface area contributed by atoms with Crippen molar-refractivity contribution in [2.24, 2.45) is 0 Å². The molecule has 2 bridgehead atoms. The smallest absolute Gasteiger partial charge is 0.325 e. The summed E-state index contributed by atoms with van der Waals surface area (Å²) < 4.78 is 2.52. The molecule has 218 valence electrons. The van der Waals surface area contributed by atoms with Gasteiger partial charge < -0.3 is 9.67 Å². The topological polar surface area (TPSA) is 61.6 Å². The van der Waals surface area contributed by atoms with Crippen molar-refractivity contribution in [3.05, 3.63) is 102 Å². The minimum atomic E-state index is -0.756. The van der Waals surface area contributed by atoms with Gasteiger partial charge in [0.25, 0.3) is 0 Å². The number of imidazole rings is 1. The molecular formula is C36H42N4O2. The monoisotopic (exact) mass is 562 g/mol. The number of piperidine rings is 2. The second-order valence-electron chi connectivity index (χ2n) is 12.8. The quantitative estimate of drug-likeness (QED) is 0.257. The Labute approximate surface area is 249 Å². The summed E-state index contributed by atoms with van der Waals surface area (Å²) in [7, 11) is 0. The second kappa shape index (κ2) is 11.3. The minimum absolute atomic E-state index is 0.0743. The van der Waals surface area contributed by atoms with Gasteiger partial charge in [0.05, 0.1) is 11.0 Å². The summed E-state index contributed by atoms with van der Waals surface area (Å²) in [5, 5.41) is 10.2. The largest absolute Gasteiger partial charge is 0.480 e. The summed E-state index contributed by atoms with van der Waals surface area (Å²) in [6.45, 7) is 4.87. The van der Waals surface area contributed by atoms with Crippen molar-refractivity contribution >= 4 is 17.0 Å². The van der Waals surface area contributed by atoms with E-state index in [0.29, 0.717) is 18.1 Å². The molecule has 1 N–H and O–H groups in total. The van der Waals surface area contributed by atoms with E-state index in [-0.39, 0.29) is 5.41 Å². The van der Waals surface area contributed by atoms with Gasteiger partial charge in [0, 0.05) is 31.2 Å². The molecule has 3 fully saturated rings. The molecule has 4 heterocycles. The Morgan fingerprint density at radius 3 is 2.17 bits per heavy atom. The molecule has 0 amide bonds. The Bertz CT molecular complexity index is 1510. The van der Waals surface area contributed by atoms with Gasteiger partial charge in [-0.2, -0.15) is 0 Å². The Balaban J connectivity index is 1.08. The van der Waals surface area contributed by atoms with E-state index in [1.165, 1.54) is 36.8 Å². The molecule has 0 radical (unpaired) electrons. The number of hydrogen-bond donors (Lipinski definition) is 1. The molecule has 2 unspecified atom stereocenters. The zero-order valence-corrected chi connectivity index (χ0v) is 24.6. The van der Waals surface area contributed by atoms with Crippen molar-refractivity contribution in [2.75, 3.05) is 19.6 Å². The summed E-state index contributed by atoms with van der Waals surface area (Å²) in [6, 6.07) is 30.5. The highest BCUT2D eigenvalue weighted by Gasteiger charge is 2.44. The Morgan fingerprint density at radius 1 is 0.881 bits per heavy atom. The van der Waals surface area contributed by atoms with E-state index < -0.39 is 12.0 Å². The van der Waals surface area contributed by atoms with Gasteiger partial charge in [-0.15, -0.1) is 0 Å². The number of likely N-dealkylation sites (tertiary alicyclic amines) is 1. The maximum atomic E-state index is 12.4. The maximum Gasteiger partial charge on any atom is 0.325 e. The third kappa shape index (κ3) is 4.95. The number of aliphatic carboxylic acids is 1. The number of benzene rings is 3. The lowest BCUT2D eigenvalue weighted by molar-refractivity contribution is -0.144. The number of para-hydroxylation sites is 2. The Morgan fingerprint density at radius 2 is 1.50 bits per heavy atom. The Kier molecular flexibility index (Phi) is 7.37. The lowest BCUT2D eigenvalue weighted by Crippen LogP contribution is -2.49. The number of fused-ring (bicyclic) bond motifs is 3. The first-order chi connectivity index (χ1) is 20.5. The van der Waals surface area contributed by atoms with Crippen LogP contribution in [0.15, 0.2) is 84.9 Å². The molecule has 0 aliphatic carbocycles. The van der Waals surface area contributed by atoms with Crippen LogP contribution in [0.25, 0.3) is 11.0 Å². The van der Waals surface area contributed by atoms with Crippen LogP contribution in [0.3, 0.4) is 0 Å². The maximum absolute atomic E-state index is 12.4. The van der Waals surface area contributed by atoms with Crippen molar-refractivity contribution in [1.82, 2.24) is 19.4 Å². The van der Waals surface area contributed by atoms with E-state index in [4.69, 9.17) is 4.98 Å². The van der Waals surface area contributed by atoms with Crippen molar-refractivity contribution in [3.8, 4) is 0 Å². The number of aromatic nitrogens is 2. The number of rotatable bonds is 8. The number of aryl methyl sites for hydroxylation is 1. The average Bonchev–Trinajstić information content (AvgIpc) is 3.48. The van der Waals surface area contributed by atoms with Gasteiger partial charge in [0.2, 0.25) is 0 Å². The SMILES string of the molecule is Cc1nc2ccccc2n1C1C[C@H]2CC[C@@H](C1)N2CCC1(c2ccccc2)CCN(C(C(=O)O)c2ccccc2)CC1. The summed E-state index contributed by atoms with van der Waals surface area (Å²) in [6.07, 6.45) is 8.06. The van der Waals surface area contributed by atoms with Crippen LogP contribution < -0.4 is 0 Å². The number of nitrogens with zero attached hydrogens (tertiary/aromatic N) is 4. The molecular weight excluding hydrogens is 520 g/mol. The van der Waals surface area contributed by atoms with Crippen LogP contribution >= 0.6 is 0 Å². The van der Waals surface area contributed by atoms with Gasteiger partial charge in [-0.05, 0) is 87.1 Å². The molecule has 1 aromatic heterocycles. The van der Waals surface area contributed by atoms with Crippen LogP contribution in [0.4, 0.5) is 0 Å². The van der Waals surface area contributed by atoms with Crippen LogP contribution in [-0.2, 0) is 10.2 Å². The molecule has 7 rings (SSSR count). The summed E-state index contributed by atoms with van der Waals surface area (Å²) in [5.74, 6) is 0.382. The molecule has 4 aromatic rings. The van der Waals surface area contributed by atoms with E-state index in [0.717, 1.165) is 55.8 Å². The lowest BCUT2D eigenvalue weighted by Gasteiger charge is -2.46. The summed E-state index contributed by atoms with van der Waals surface area (Å²) in [5.41, 5.74) is 4.75. The van der Waals surface area contributed by atoms with Crippen LogP contribution in [0.1, 0.15) is 74.0 Å². The highest BCUT2D eigenvalue weighted by Crippen LogP contribution is 2.45. The van der Waals surface area contributed by atoms with E-state index in [1.54, 1.807) is 0 Å². The molecule has 6 nitrogen and oxygen atoms in total. The first-order valence-corrected chi connectivity index (χ1v) is 15.8. The fraction of sp³-hybridized carbons (Fsp3) is 0.444. The molecule has 0 spiro atoms. The van der Waals surface area contributed by atoms with Crippen LogP contribution in [0, 0.1) is 6.92 Å². The first kappa shape index (κ1) is 27.4.